The molecule has 5 nitrogen and oxygen atoms in total. The summed E-state index contributed by atoms with van der Waals surface area (Å²) in [6.45, 7) is 7.93. The number of hydrogen-bond donors (Lipinski definition) is 1. The molecule has 19 heavy (non-hydrogen) atoms. The second kappa shape index (κ2) is 6.82. The summed E-state index contributed by atoms with van der Waals surface area (Å²) < 4.78 is 5.23. The number of ether oxygens (including phenoxy) is 1. The molecule has 1 aromatic heterocycles. The predicted octanol–water partition coefficient (Wildman–Crippen LogP) is 1.45. The smallest absolute Gasteiger partial charge is 0.147 e. The first-order chi connectivity index (χ1) is 9.19. The lowest BCUT2D eigenvalue weighted by Gasteiger charge is -2.18. The highest BCUT2D eigenvalue weighted by Crippen LogP contribution is 2.21. The Balaban J connectivity index is 1.95. The summed E-state index contributed by atoms with van der Waals surface area (Å²) in [5.41, 5.74) is 1.00. The molecular weight excluding hydrogens is 240 g/mol. The van der Waals surface area contributed by atoms with Gasteiger partial charge in [-0.15, -0.1) is 0 Å². The van der Waals surface area contributed by atoms with E-state index in [-0.39, 0.29) is 0 Å². The zero-order valence-electron chi connectivity index (χ0n) is 12.1. The van der Waals surface area contributed by atoms with Crippen molar-refractivity contribution in [1.82, 2.24) is 15.3 Å². The van der Waals surface area contributed by atoms with Gasteiger partial charge >= 0.3 is 0 Å². The summed E-state index contributed by atoms with van der Waals surface area (Å²) in [6.07, 6.45) is 4.86. The first-order valence-electron chi connectivity index (χ1n) is 6.97. The van der Waals surface area contributed by atoms with Crippen molar-refractivity contribution in [2.24, 2.45) is 5.92 Å². The Morgan fingerprint density at radius 1 is 1.47 bits per heavy atom. The van der Waals surface area contributed by atoms with Crippen LogP contribution in [0.1, 0.15) is 26.0 Å². The number of nitrogens with zero attached hydrogens (tertiary/aromatic N) is 3. The molecule has 1 saturated heterocycles. The van der Waals surface area contributed by atoms with Gasteiger partial charge in [-0.3, -0.25) is 4.98 Å². The molecule has 106 valence electrons. The molecule has 0 saturated carbocycles. The van der Waals surface area contributed by atoms with Gasteiger partial charge in [0.2, 0.25) is 0 Å². The normalized spacial score (nSPS) is 19.4. The highest BCUT2D eigenvalue weighted by Gasteiger charge is 2.23. The van der Waals surface area contributed by atoms with Gasteiger partial charge in [-0.25, -0.2) is 4.98 Å². The Morgan fingerprint density at radius 3 is 3.05 bits per heavy atom. The lowest BCUT2D eigenvalue weighted by atomic mass is 10.1. The largest absolute Gasteiger partial charge is 0.384 e. The minimum Gasteiger partial charge on any atom is -0.384 e. The van der Waals surface area contributed by atoms with Crippen molar-refractivity contribution in [3.63, 3.8) is 0 Å². The predicted molar refractivity (Wildman–Crippen MR) is 76.2 cm³/mol. The highest BCUT2D eigenvalue weighted by molar-refractivity contribution is 5.37. The average molecular weight is 264 g/mol. The monoisotopic (exact) mass is 264 g/mol. The van der Waals surface area contributed by atoms with Crippen LogP contribution in [-0.2, 0) is 11.3 Å². The highest BCUT2D eigenvalue weighted by atomic mass is 16.5. The lowest BCUT2D eigenvalue weighted by molar-refractivity contribution is 0.161. The van der Waals surface area contributed by atoms with Crippen molar-refractivity contribution in [3.05, 3.63) is 18.1 Å². The molecule has 0 bridgehead atoms. The molecular formula is C14H24N4O. The molecule has 1 aromatic rings. The molecule has 0 amide bonds. The molecule has 1 atom stereocenters. The third-order valence-corrected chi connectivity index (χ3v) is 3.38. The fourth-order valence-corrected chi connectivity index (χ4v) is 2.35. The summed E-state index contributed by atoms with van der Waals surface area (Å²) >= 11 is 0. The topological polar surface area (TPSA) is 50.3 Å². The van der Waals surface area contributed by atoms with E-state index in [0.29, 0.717) is 12.0 Å². The molecule has 1 aliphatic heterocycles. The zero-order chi connectivity index (χ0) is 13.7. The first-order valence-corrected chi connectivity index (χ1v) is 6.97. The minimum atomic E-state index is 0.461. The molecule has 5 heteroatoms. The third-order valence-electron chi connectivity index (χ3n) is 3.38. The maximum absolute atomic E-state index is 5.23. The number of rotatable bonds is 6. The molecule has 1 fully saturated rings. The molecule has 0 aromatic carbocycles. The van der Waals surface area contributed by atoms with Crippen molar-refractivity contribution in [2.45, 2.75) is 32.9 Å². The molecule has 0 radical (unpaired) electrons. The van der Waals surface area contributed by atoms with Crippen molar-refractivity contribution in [1.29, 1.82) is 0 Å². The standard InChI is InChI=1S/C14H24N4O/c1-11(2)16-7-13-6-15-8-14(17-13)18-5-4-12(9-18)10-19-3/h6,8,11-12,16H,4-5,7,9-10H2,1-3H3. The fourth-order valence-electron chi connectivity index (χ4n) is 2.35. The third kappa shape index (κ3) is 4.14. The number of methoxy groups -OCH3 is 1. The van der Waals surface area contributed by atoms with Gasteiger partial charge in [0, 0.05) is 44.9 Å². The van der Waals surface area contributed by atoms with E-state index in [1.165, 1.54) is 6.42 Å². The van der Waals surface area contributed by atoms with E-state index in [1.54, 1.807) is 7.11 Å². The Morgan fingerprint density at radius 2 is 2.32 bits per heavy atom. The maximum Gasteiger partial charge on any atom is 0.147 e. The van der Waals surface area contributed by atoms with E-state index in [4.69, 9.17) is 4.74 Å². The molecule has 0 aliphatic carbocycles. The van der Waals surface area contributed by atoms with Crippen LogP contribution in [-0.4, -0.2) is 42.8 Å². The second-order valence-electron chi connectivity index (χ2n) is 5.46. The van der Waals surface area contributed by atoms with E-state index in [0.717, 1.165) is 37.8 Å². The van der Waals surface area contributed by atoms with Crippen molar-refractivity contribution in [2.75, 3.05) is 31.7 Å². The summed E-state index contributed by atoms with van der Waals surface area (Å²) in [4.78, 5) is 11.3. The molecule has 2 rings (SSSR count). The SMILES string of the molecule is COCC1CCN(c2cncc(CNC(C)C)n2)C1. The molecule has 1 unspecified atom stereocenters. The van der Waals surface area contributed by atoms with Crippen LogP contribution in [0.4, 0.5) is 5.82 Å². The van der Waals surface area contributed by atoms with E-state index < -0.39 is 0 Å². The van der Waals surface area contributed by atoms with Crippen LogP contribution in [0.25, 0.3) is 0 Å². The van der Waals surface area contributed by atoms with Crippen LogP contribution in [0.2, 0.25) is 0 Å². The molecule has 2 heterocycles. The van der Waals surface area contributed by atoms with Gasteiger partial charge in [0.1, 0.15) is 5.82 Å². The van der Waals surface area contributed by atoms with E-state index >= 15 is 0 Å². The van der Waals surface area contributed by atoms with Gasteiger partial charge in [-0.1, -0.05) is 13.8 Å². The van der Waals surface area contributed by atoms with Crippen LogP contribution in [0.5, 0.6) is 0 Å². The molecule has 1 aliphatic rings. The summed E-state index contributed by atoms with van der Waals surface area (Å²) in [7, 11) is 1.76. The Bertz CT molecular complexity index is 397. The average Bonchev–Trinajstić information content (AvgIpc) is 2.86. The van der Waals surface area contributed by atoms with Gasteiger partial charge in [-0.2, -0.15) is 0 Å². The Kier molecular flexibility index (Phi) is 5.10. The van der Waals surface area contributed by atoms with Crippen molar-refractivity contribution in [3.8, 4) is 0 Å². The number of hydrogen-bond acceptors (Lipinski definition) is 5. The van der Waals surface area contributed by atoms with Gasteiger partial charge in [0.05, 0.1) is 18.5 Å². The van der Waals surface area contributed by atoms with Crippen LogP contribution in [0, 0.1) is 5.92 Å². The van der Waals surface area contributed by atoms with E-state index in [9.17, 15) is 0 Å². The van der Waals surface area contributed by atoms with Gasteiger partial charge in [-0.05, 0) is 6.42 Å². The minimum absolute atomic E-state index is 0.461. The Hall–Kier alpha value is -1.20. The quantitative estimate of drug-likeness (QED) is 0.842. The number of aromatic nitrogens is 2. The fraction of sp³-hybridized carbons (Fsp3) is 0.714. The van der Waals surface area contributed by atoms with Crippen LogP contribution >= 0.6 is 0 Å². The molecule has 1 N–H and O–H groups in total. The van der Waals surface area contributed by atoms with Gasteiger partial charge < -0.3 is 15.0 Å². The van der Waals surface area contributed by atoms with Crippen molar-refractivity contribution < 1.29 is 4.74 Å². The lowest BCUT2D eigenvalue weighted by Crippen LogP contribution is -2.25. The van der Waals surface area contributed by atoms with Crippen LogP contribution < -0.4 is 10.2 Å². The zero-order valence-corrected chi connectivity index (χ0v) is 12.1. The number of nitrogens with one attached hydrogen (secondary N) is 1. The van der Waals surface area contributed by atoms with Crippen molar-refractivity contribution >= 4 is 5.82 Å². The van der Waals surface area contributed by atoms with E-state index in [1.807, 2.05) is 12.4 Å². The summed E-state index contributed by atoms with van der Waals surface area (Å²) in [6, 6.07) is 0.461. The maximum atomic E-state index is 5.23. The van der Waals surface area contributed by atoms with E-state index in [2.05, 4.69) is 34.0 Å². The Labute approximate surface area is 115 Å². The van der Waals surface area contributed by atoms with Crippen LogP contribution in [0.3, 0.4) is 0 Å². The summed E-state index contributed by atoms with van der Waals surface area (Å²) in [5, 5.41) is 3.37. The number of anilines is 1. The first kappa shape index (κ1) is 14.2. The van der Waals surface area contributed by atoms with Gasteiger partial charge in [0.25, 0.3) is 0 Å². The van der Waals surface area contributed by atoms with Gasteiger partial charge in [0.15, 0.2) is 0 Å². The van der Waals surface area contributed by atoms with Crippen LogP contribution in [0.15, 0.2) is 12.4 Å². The molecule has 0 spiro atoms. The second-order valence-corrected chi connectivity index (χ2v) is 5.46. The summed E-state index contributed by atoms with van der Waals surface area (Å²) in [5.74, 6) is 1.60.